The molecule has 1 aliphatic rings. The Morgan fingerprint density at radius 1 is 1.20 bits per heavy atom. The summed E-state index contributed by atoms with van der Waals surface area (Å²) in [6, 6.07) is 9.92. The quantitative estimate of drug-likeness (QED) is 0.414. The van der Waals surface area contributed by atoms with Crippen molar-refractivity contribution in [2.24, 2.45) is 0 Å². The van der Waals surface area contributed by atoms with Gasteiger partial charge in [0, 0.05) is 46.2 Å². The highest BCUT2D eigenvalue weighted by Crippen LogP contribution is 2.32. The molecule has 0 saturated heterocycles. The number of benzene rings is 1. The third-order valence-electron chi connectivity index (χ3n) is 5.60. The molecule has 0 amide bonds. The molecule has 1 N–H and O–H groups in total. The van der Waals surface area contributed by atoms with Gasteiger partial charge >= 0.3 is 5.97 Å². The van der Waals surface area contributed by atoms with E-state index >= 15 is 0 Å². The number of pyridine rings is 1. The highest BCUT2D eigenvalue weighted by Gasteiger charge is 2.34. The first-order valence-electron chi connectivity index (χ1n) is 10.7. The number of aliphatic carboxylic acids is 1. The second-order valence-corrected chi connectivity index (χ2v) is 10.9. The fourth-order valence-electron chi connectivity index (χ4n) is 3.90. The predicted molar refractivity (Wildman–Crippen MR) is 136 cm³/mol. The summed E-state index contributed by atoms with van der Waals surface area (Å²) in [6.45, 7) is 1.02. The van der Waals surface area contributed by atoms with Crippen LogP contribution < -0.4 is 4.31 Å². The zero-order chi connectivity index (χ0) is 25.3. The second kappa shape index (κ2) is 9.85. The molecule has 1 unspecified atom stereocenters. The molecule has 2 heterocycles. The molecule has 8 nitrogen and oxygen atoms in total. The first-order chi connectivity index (χ1) is 16.6. The molecule has 11 heteroatoms. The number of fused-ring (bicyclic) bond motifs is 1. The Morgan fingerprint density at radius 3 is 2.66 bits per heavy atom. The Labute approximate surface area is 212 Å². The number of hydrogen-bond donors (Lipinski definition) is 1. The number of rotatable bonds is 8. The number of carbonyl (C=O) groups excluding carboxylic acids is 1. The molecule has 1 atom stereocenters. The van der Waals surface area contributed by atoms with E-state index < -0.39 is 27.8 Å². The molecular weight excluding hydrogens is 513 g/mol. The number of ketones is 1. The number of nitrogens with zero attached hydrogens (tertiary/aromatic N) is 3. The van der Waals surface area contributed by atoms with Crippen molar-refractivity contribution in [2.45, 2.75) is 25.0 Å². The van der Waals surface area contributed by atoms with Gasteiger partial charge in [0.2, 0.25) is 10.0 Å². The zero-order valence-corrected chi connectivity index (χ0v) is 20.9. The van der Waals surface area contributed by atoms with Gasteiger partial charge in [-0.1, -0.05) is 30.1 Å². The second-order valence-electron chi connectivity index (χ2n) is 7.94. The van der Waals surface area contributed by atoms with Crippen LogP contribution in [0.3, 0.4) is 0 Å². The third-order valence-corrected chi connectivity index (χ3v) is 8.12. The smallest absolute Gasteiger partial charge is 0.324 e. The Bertz CT molecular complexity index is 1490. The van der Waals surface area contributed by atoms with Gasteiger partial charge in [-0.2, -0.15) is 0 Å². The highest BCUT2D eigenvalue weighted by atomic mass is 35.5. The number of sulfonamides is 1. The summed E-state index contributed by atoms with van der Waals surface area (Å²) in [5, 5.41) is 9.45. The monoisotopic (exact) mass is 533 g/mol. The van der Waals surface area contributed by atoms with Gasteiger partial charge in [-0.25, -0.2) is 13.4 Å². The minimum absolute atomic E-state index is 0.00580. The topological polar surface area (TPSA) is 110 Å². The van der Waals surface area contributed by atoms with E-state index in [1.54, 1.807) is 54.2 Å². The van der Waals surface area contributed by atoms with Crippen LogP contribution in [0.15, 0.2) is 71.0 Å². The normalized spacial score (nSPS) is 16.0. The number of hydrogen-bond acceptors (Lipinski definition) is 5. The minimum atomic E-state index is -4.16. The van der Waals surface area contributed by atoms with E-state index in [9.17, 15) is 23.1 Å². The fraction of sp³-hybridized carbons (Fsp3) is 0.208. The van der Waals surface area contributed by atoms with Crippen molar-refractivity contribution in [1.29, 1.82) is 0 Å². The van der Waals surface area contributed by atoms with E-state index in [1.165, 1.54) is 18.2 Å². The van der Waals surface area contributed by atoms with Gasteiger partial charge in [0.15, 0.2) is 5.78 Å². The summed E-state index contributed by atoms with van der Waals surface area (Å²) < 4.78 is 29.5. The van der Waals surface area contributed by atoms with Crippen molar-refractivity contribution in [2.75, 3.05) is 10.8 Å². The van der Waals surface area contributed by atoms with Gasteiger partial charge in [-0.05, 0) is 48.6 Å². The van der Waals surface area contributed by atoms with Crippen LogP contribution in [0.5, 0.6) is 0 Å². The Hall–Kier alpha value is -3.14. The lowest BCUT2D eigenvalue weighted by Gasteiger charge is -2.28. The van der Waals surface area contributed by atoms with E-state index in [4.69, 9.17) is 23.2 Å². The van der Waals surface area contributed by atoms with Gasteiger partial charge in [-0.3, -0.25) is 13.9 Å². The van der Waals surface area contributed by atoms with Crippen LogP contribution in [0.25, 0.3) is 16.7 Å². The number of carboxylic acid groups (broad SMARTS) is 1. The van der Waals surface area contributed by atoms with E-state index in [2.05, 4.69) is 4.98 Å². The van der Waals surface area contributed by atoms with Gasteiger partial charge in [-0.15, -0.1) is 0 Å². The molecule has 0 radical (unpaired) electrons. The van der Waals surface area contributed by atoms with Crippen LogP contribution in [0.2, 0.25) is 0 Å². The maximum Gasteiger partial charge on any atom is 0.324 e. The maximum absolute atomic E-state index is 13.4. The molecular formula is C24H21Cl2N3O5S. The lowest BCUT2D eigenvalue weighted by molar-refractivity contribution is -0.135. The first-order valence-corrected chi connectivity index (χ1v) is 12.9. The number of halogens is 2. The van der Waals surface area contributed by atoms with Crippen molar-refractivity contribution >= 4 is 61.6 Å². The van der Waals surface area contributed by atoms with Crippen molar-refractivity contribution in [3.8, 4) is 5.82 Å². The Kier molecular flexibility index (Phi) is 7.02. The van der Waals surface area contributed by atoms with Crippen LogP contribution in [0.1, 0.15) is 30.1 Å². The molecule has 0 spiro atoms. The average molecular weight is 534 g/mol. The van der Waals surface area contributed by atoms with Crippen LogP contribution >= 0.6 is 23.2 Å². The summed E-state index contributed by atoms with van der Waals surface area (Å²) in [5.41, 5.74) is 1.44. The van der Waals surface area contributed by atoms with Crippen LogP contribution in [-0.4, -0.2) is 46.6 Å². The summed E-state index contributed by atoms with van der Waals surface area (Å²) in [4.78, 5) is 28.0. The summed E-state index contributed by atoms with van der Waals surface area (Å²) in [5.74, 6) is -0.778. The lowest BCUT2D eigenvalue weighted by atomic mass is 10.1. The van der Waals surface area contributed by atoms with Crippen LogP contribution in [0, 0.1) is 0 Å². The minimum Gasteiger partial charge on any atom is -0.480 e. The molecule has 1 aromatic carbocycles. The molecule has 35 heavy (non-hydrogen) atoms. The Balaban J connectivity index is 1.75. The lowest BCUT2D eigenvalue weighted by Crippen LogP contribution is -2.41. The molecule has 0 saturated carbocycles. The molecule has 0 fully saturated rings. The van der Waals surface area contributed by atoms with Gasteiger partial charge < -0.3 is 9.67 Å². The van der Waals surface area contributed by atoms with E-state index in [1.807, 2.05) is 0 Å². The average Bonchev–Trinajstić information content (AvgIpc) is 3.24. The van der Waals surface area contributed by atoms with E-state index in [0.29, 0.717) is 28.7 Å². The van der Waals surface area contributed by atoms with Crippen molar-refractivity contribution in [3.63, 3.8) is 0 Å². The highest BCUT2D eigenvalue weighted by molar-refractivity contribution is 7.93. The molecule has 4 rings (SSSR count). The molecule has 2 aromatic heterocycles. The largest absolute Gasteiger partial charge is 0.480 e. The van der Waals surface area contributed by atoms with Gasteiger partial charge in [0.05, 0.1) is 11.2 Å². The fourth-order valence-corrected chi connectivity index (χ4v) is 6.43. The van der Waals surface area contributed by atoms with Gasteiger partial charge in [0.25, 0.3) is 0 Å². The number of aromatic nitrogens is 2. The van der Waals surface area contributed by atoms with E-state index in [-0.39, 0.29) is 28.0 Å². The Morgan fingerprint density at radius 2 is 1.97 bits per heavy atom. The van der Waals surface area contributed by atoms with Crippen molar-refractivity contribution in [3.05, 3.63) is 76.6 Å². The standard InChI is InChI=1S/C24H21Cl2N3O5S/c1-2-22(30)16-5-7-27-23(10-16)28-8-6-15-9-19(3-4-21(15)28)29(14-24(31)32)35(33,34)20-12-17(25)11-18(26)13-20/h3-12,20H,2,13-14H2,1H3,(H,31,32). The number of carboxylic acids is 1. The SMILES string of the molecule is CCC(=O)c1ccnc(-n2ccc3cc(N(CC(=O)O)S(=O)(=O)C4C=C(Cl)C=C(Cl)C4)ccc32)c1. The molecule has 0 bridgehead atoms. The number of Topliss-reactive ketones (excluding diaryl/α,β-unsaturated/α-hetero) is 1. The first kappa shape index (κ1) is 25.0. The molecule has 182 valence electrons. The van der Waals surface area contributed by atoms with Gasteiger partial charge in [0.1, 0.15) is 17.6 Å². The molecule has 0 aliphatic heterocycles. The maximum atomic E-state index is 13.4. The number of anilines is 1. The van der Waals surface area contributed by atoms with E-state index in [0.717, 1.165) is 4.31 Å². The number of allylic oxidation sites excluding steroid dienone is 3. The zero-order valence-electron chi connectivity index (χ0n) is 18.6. The van der Waals surface area contributed by atoms with Crippen LogP contribution in [-0.2, 0) is 14.8 Å². The molecule has 1 aliphatic carbocycles. The third kappa shape index (κ3) is 5.12. The van der Waals surface area contributed by atoms with Crippen molar-refractivity contribution < 1.29 is 23.1 Å². The summed E-state index contributed by atoms with van der Waals surface area (Å²) >= 11 is 12.1. The van der Waals surface area contributed by atoms with Crippen LogP contribution in [0.4, 0.5) is 5.69 Å². The molecule has 3 aromatic rings. The summed E-state index contributed by atoms with van der Waals surface area (Å²) in [6.07, 6.45) is 6.48. The van der Waals surface area contributed by atoms with Crippen molar-refractivity contribution in [1.82, 2.24) is 9.55 Å². The predicted octanol–water partition coefficient (Wildman–Crippen LogP) is 4.86. The summed E-state index contributed by atoms with van der Waals surface area (Å²) in [7, 11) is -4.16. The number of carbonyl (C=O) groups is 2.